The quantitative estimate of drug-likeness (QED) is 0.157. The fraction of sp³-hybridized carbons (Fsp3) is 0.0588. The molecule has 0 atom stereocenters. The number of rotatable bonds is 8. The lowest BCUT2D eigenvalue weighted by molar-refractivity contribution is 0.660. The van der Waals surface area contributed by atoms with Crippen LogP contribution in [0.5, 0.6) is 0 Å². The molecule has 1 aliphatic carbocycles. The molecule has 53 heavy (non-hydrogen) atoms. The van der Waals surface area contributed by atoms with E-state index in [1.165, 1.54) is 22.3 Å². The summed E-state index contributed by atoms with van der Waals surface area (Å²) in [5.74, 6) is 0. The molecular weight excluding hydrogens is 641 g/mol. The molecule has 0 aromatic heterocycles. The van der Waals surface area contributed by atoms with Crippen LogP contribution < -0.4 is 9.80 Å². The normalized spacial score (nSPS) is 13.5. The molecule has 0 aliphatic heterocycles. The van der Waals surface area contributed by atoms with E-state index in [0.29, 0.717) is 5.56 Å². The fourth-order valence-electron chi connectivity index (χ4n) is 7.61. The van der Waals surface area contributed by atoms with Crippen LogP contribution in [0.1, 0.15) is 30.5 Å². The molecule has 0 bridgehead atoms. The number of nitrogens with zero attached hydrogens (tertiary/aromatic N) is 2. The van der Waals surface area contributed by atoms with E-state index in [1.54, 1.807) is 4.90 Å². The highest BCUT2D eigenvalue weighted by Crippen LogP contribution is 2.50. The summed E-state index contributed by atoms with van der Waals surface area (Å²) in [6, 6.07) is 61.0. The maximum atomic E-state index is 9.16. The van der Waals surface area contributed by atoms with E-state index in [2.05, 4.69) is 110 Å². The van der Waals surface area contributed by atoms with Crippen LogP contribution >= 0.6 is 0 Å². The van der Waals surface area contributed by atoms with Crippen molar-refractivity contribution in [2.75, 3.05) is 9.80 Å². The molecule has 0 unspecified atom stereocenters. The van der Waals surface area contributed by atoms with Gasteiger partial charge in [-0.25, -0.2) is 0 Å². The second kappa shape index (κ2) is 13.5. The van der Waals surface area contributed by atoms with E-state index in [-0.39, 0.29) is 40.8 Å². The molecule has 0 radical (unpaired) electrons. The lowest BCUT2D eigenvalue weighted by Gasteiger charge is -2.28. The van der Waals surface area contributed by atoms with Crippen LogP contribution in [-0.4, -0.2) is 0 Å². The predicted molar refractivity (Wildman–Crippen MR) is 224 cm³/mol. The Bertz CT molecular complexity index is 2660. The van der Waals surface area contributed by atoms with E-state index < -0.39 is 0 Å². The number of benzene rings is 8. The van der Waals surface area contributed by atoms with Crippen molar-refractivity contribution in [3.63, 3.8) is 0 Å². The van der Waals surface area contributed by atoms with E-state index in [9.17, 15) is 0 Å². The second-order valence-corrected chi connectivity index (χ2v) is 13.9. The summed E-state index contributed by atoms with van der Waals surface area (Å²) in [5, 5.41) is 0. The van der Waals surface area contributed by atoms with Crippen LogP contribution in [0.3, 0.4) is 0 Å². The zero-order valence-corrected chi connectivity index (χ0v) is 29.7. The topological polar surface area (TPSA) is 6.48 Å². The van der Waals surface area contributed by atoms with Crippen LogP contribution in [0.4, 0.5) is 34.1 Å². The molecule has 254 valence electrons. The van der Waals surface area contributed by atoms with Crippen molar-refractivity contribution in [2.24, 2.45) is 0 Å². The van der Waals surface area contributed by atoms with Crippen molar-refractivity contribution in [3.05, 3.63) is 217 Å². The molecule has 1 aliphatic rings. The summed E-state index contributed by atoms with van der Waals surface area (Å²) >= 11 is 0. The predicted octanol–water partition coefficient (Wildman–Crippen LogP) is 14.3. The largest absolute Gasteiger partial charge is 0.311 e. The van der Waals surface area contributed by atoms with E-state index in [4.69, 9.17) is 5.48 Å². The third-order valence-corrected chi connectivity index (χ3v) is 10.3. The Morgan fingerprint density at radius 1 is 0.340 bits per heavy atom. The first-order valence-electron chi connectivity index (χ1n) is 20.0. The van der Waals surface area contributed by atoms with Gasteiger partial charge < -0.3 is 9.80 Å². The highest BCUT2D eigenvalue weighted by Gasteiger charge is 2.35. The molecule has 0 heterocycles. The zero-order valence-electron chi connectivity index (χ0n) is 33.7. The Morgan fingerprint density at radius 2 is 0.736 bits per heavy atom. The third kappa shape index (κ3) is 5.99. The summed E-state index contributed by atoms with van der Waals surface area (Å²) in [6.07, 6.45) is 0. The van der Waals surface area contributed by atoms with Gasteiger partial charge in [-0.3, -0.25) is 0 Å². The average molecular weight is 685 g/mol. The lowest BCUT2D eigenvalue weighted by Crippen LogP contribution is -2.16. The molecule has 2 heteroatoms. The van der Waals surface area contributed by atoms with Gasteiger partial charge in [0.1, 0.15) is 0 Å². The van der Waals surface area contributed by atoms with Gasteiger partial charge >= 0.3 is 0 Å². The minimum atomic E-state index is -0.112. The first-order valence-corrected chi connectivity index (χ1v) is 18.0. The molecule has 0 saturated heterocycles. The first kappa shape index (κ1) is 28.0. The summed E-state index contributed by atoms with van der Waals surface area (Å²) in [6.45, 7) is 4.62. The number of fused-ring (bicyclic) bond motifs is 3. The molecule has 8 aromatic carbocycles. The minimum absolute atomic E-state index is 0.0835. The van der Waals surface area contributed by atoms with Crippen molar-refractivity contribution in [2.45, 2.75) is 19.3 Å². The SMILES string of the molecule is [2H]c1c([2H])c(N(c2ccccc2)c2ccccc2)c([2H])c([2H])c1-c1ccc(-c2ccc(N(c3ccccc3)c3ccc4c(c3)C(C)(C)c3ccccc3-4)cc2)cc1. The van der Waals surface area contributed by atoms with Crippen molar-refractivity contribution in [3.8, 4) is 33.4 Å². The maximum Gasteiger partial charge on any atom is 0.0645 e. The number of para-hydroxylation sites is 3. The Labute approximate surface area is 318 Å². The van der Waals surface area contributed by atoms with Gasteiger partial charge in [0.2, 0.25) is 0 Å². The molecule has 8 aromatic rings. The van der Waals surface area contributed by atoms with Crippen LogP contribution in [0.15, 0.2) is 206 Å². The van der Waals surface area contributed by atoms with Crippen molar-refractivity contribution in [1.82, 2.24) is 0 Å². The van der Waals surface area contributed by atoms with Gasteiger partial charge in [-0.2, -0.15) is 0 Å². The molecule has 0 amide bonds. The van der Waals surface area contributed by atoms with E-state index >= 15 is 0 Å². The van der Waals surface area contributed by atoms with Gasteiger partial charge in [0.25, 0.3) is 0 Å². The van der Waals surface area contributed by atoms with Crippen LogP contribution in [-0.2, 0) is 5.41 Å². The van der Waals surface area contributed by atoms with Crippen LogP contribution in [0.2, 0.25) is 0 Å². The van der Waals surface area contributed by atoms with Gasteiger partial charge in [-0.15, -0.1) is 0 Å². The number of hydrogen-bond acceptors (Lipinski definition) is 2. The average Bonchev–Trinajstić information content (AvgIpc) is 3.48. The van der Waals surface area contributed by atoms with Crippen LogP contribution in [0.25, 0.3) is 33.4 Å². The standard InChI is InChI=1S/C51H40N2/c1-51(2)49-21-13-12-20-47(49)48-35-34-46(36-50(48)51)53(43-18-10-5-11-19-43)45-32-28-40(29-33-45)38-24-22-37(23-25-38)39-26-30-44(31-27-39)52(41-14-6-3-7-15-41)42-16-8-4-9-17-42/h3-36H,1-2H3/i26D,27D,30D,31D. The highest BCUT2D eigenvalue weighted by molar-refractivity contribution is 5.86. The van der Waals surface area contributed by atoms with E-state index in [1.807, 2.05) is 91.0 Å². The summed E-state index contributed by atoms with van der Waals surface area (Å²) in [5.41, 5.74) is 13.0. The maximum absolute atomic E-state index is 9.16. The molecular formula is C51H40N2. The minimum Gasteiger partial charge on any atom is -0.311 e. The Balaban J connectivity index is 1.04. The fourth-order valence-corrected chi connectivity index (χ4v) is 7.61. The van der Waals surface area contributed by atoms with Crippen molar-refractivity contribution in [1.29, 1.82) is 0 Å². The monoisotopic (exact) mass is 684 g/mol. The summed E-state index contributed by atoms with van der Waals surface area (Å²) < 4.78 is 36.6. The zero-order chi connectivity index (χ0) is 39.3. The van der Waals surface area contributed by atoms with Crippen molar-refractivity contribution < 1.29 is 5.48 Å². The van der Waals surface area contributed by atoms with Crippen LogP contribution in [0, 0.1) is 0 Å². The smallest absolute Gasteiger partial charge is 0.0645 e. The molecule has 2 nitrogen and oxygen atoms in total. The van der Waals surface area contributed by atoms with Crippen molar-refractivity contribution >= 4 is 34.1 Å². The number of hydrogen-bond donors (Lipinski definition) is 0. The lowest BCUT2D eigenvalue weighted by atomic mass is 9.82. The summed E-state index contributed by atoms with van der Waals surface area (Å²) in [7, 11) is 0. The number of anilines is 6. The Morgan fingerprint density at radius 3 is 1.28 bits per heavy atom. The van der Waals surface area contributed by atoms with Gasteiger partial charge in [-0.05, 0) is 117 Å². The molecule has 9 rings (SSSR count). The molecule has 0 spiro atoms. The van der Waals surface area contributed by atoms with Gasteiger partial charge in [-0.1, -0.05) is 147 Å². The second-order valence-electron chi connectivity index (χ2n) is 13.9. The van der Waals surface area contributed by atoms with Gasteiger partial charge in [0.05, 0.1) is 5.48 Å². The Hall–Kier alpha value is -6.64. The molecule has 0 N–H and O–H groups in total. The van der Waals surface area contributed by atoms with Gasteiger partial charge in [0, 0.05) is 39.5 Å². The molecule has 0 saturated carbocycles. The van der Waals surface area contributed by atoms with E-state index in [0.717, 1.165) is 39.6 Å². The summed E-state index contributed by atoms with van der Waals surface area (Å²) in [4.78, 5) is 4.09. The third-order valence-electron chi connectivity index (χ3n) is 10.3. The first-order chi connectivity index (χ1) is 27.7. The highest BCUT2D eigenvalue weighted by atomic mass is 15.1. The Kier molecular flexibility index (Phi) is 7.13. The molecule has 0 fully saturated rings. The van der Waals surface area contributed by atoms with Gasteiger partial charge in [0.15, 0.2) is 0 Å².